The molecular weight excluding hydrogens is 292 g/mol. The molecule has 0 aliphatic heterocycles. The highest BCUT2D eigenvalue weighted by Gasteiger charge is 2.25. The number of nitrogens with one attached hydrogen (secondary N) is 2. The van der Waals surface area contributed by atoms with Crippen LogP contribution in [0.4, 0.5) is 10.5 Å². The maximum Gasteiger partial charge on any atom is 0.319 e. The van der Waals surface area contributed by atoms with Gasteiger partial charge in [0.15, 0.2) is 0 Å². The van der Waals surface area contributed by atoms with E-state index in [4.69, 9.17) is 4.74 Å². The first-order chi connectivity index (χ1) is 11.3. The van der Waals surface area contributed by atoms with Gasteiger partial charge in [-0.3, -0.25) is 4.68 Å². The number of hydrogen-bond donors (Lipinski definition) is 2. The maximum absolute atomic E-state index is 12.2. The molecule has 1 aliphatic carbocycles. The monoisotopic (exact) mass is 314 g/mol. The molecule has 3 rings (SSSR count). The Labute approximate surface area is 135 Å². The van der Waals surface area contributed by atoms with Crippen LogP contribution in [0.25, 0.3) is 0 Å². The molecule has 23 heavy (non-hydrogen) atoms. The molecule has 0 radical (unpaired) electrons. The lowest BCUT2D eigenvalue weighted by atomic mass is 9.94. The number of benzene rings is 1. The lowest BCUT2D eigenvalue weighted by Crippen LogP contribution is -2.34. The topological polar surface area (TPSA) is 68.2 Å². The summed E-state index contributed by atoms with van der Waals surface area (Å²) in [5, 5.41) is 10.5. The van der Waals surface area contributed by atoms with Crippen molar-refractivity contribution in [3.05, 3.63) is 47.8 Å². The summed E-state index contributed by atoms with van der Waals surface area (Å²) in [4.78, 5) is 12.2. The van der Waals surface area contributed by atoms with Crippen molar-refractivity contribution in [1.82, 2.24) is 15.1 Å². The SMILES string of the molecule is COCCn1cc2c(n1)[C@@H](NC(=O)Nc1ccccc1)CCC2. The third kappa shape index (κ3) is 3.90. The van der Waals surface area contributed by atoms with Crippen molar-refractivity contribution in [2.24, 2.45) is 0 Å². The Hall–Kier alpha value is -2.34. The minimum Gasteiger partial charge on any atom is -0.383 e. The molecule has 6 nitrogen and oxygen atoms in total. The lowest BCUT2D eigenvalue weighted by molar-refractivity contribution is 0.183. The Kier molecular flexibility index (Phi) is 4.92. The van der Waals surface area contributed by atoms with E-state index < -0.39 is 0 Å². The second-order valence-electron chi connectivity index (χ2n) is 5.70. The molecule has 0 saturated carbocycles. The van der Waals surface area contributed by atoms with Crippen molar-refractivity contribution in [2.75, 3.05) is 19.0 Å². The average Bonchev–Trinajstić information content (AvgIpc) is 2.98. The van der Waals surface area contributed by atoms with E-state index in [1.807, 2.05) is 35.0 Å². The number of hydrogen-bond acceptors (Lipinski definition) is 3. The molecule has 1 heterocycles. The van der Waals surface area contributed by atoms with Gasteiger partial charge in [-0.1, -0.05) is 18.2 Å². The van der Waals surface area contributed by atoms with Crippen LogP contribution in [0.15, 0.2) is 36.5 Å². The minimum atomic E-state index is -0.194. The van der Waals surface area contributed by atoms with Crippen molar-refractivity contribution in [1.29, 1.82) is 0 Å². The van der Waals surface area contributed by atoms with Gasteiger partial charge < -0.3 is 15.4 Å². The van der Waals surface area contributed by atoms with E-state index in [0.29, 0.717) is 6.61 Å². The van der Waals surface area contributed by atoms with Crippen LogP contribution in [0.5, 0.6) is 0 Å². The Morgan fingerprint density at radius 1 is 1.39 bits per heavy atom. The highest BCUT2D eigenvalue weighted by atomic mass is 16.5. The molecule has 0 unspecified atom stereocenters. The van der Waals surface area contributed by atoms with E-state index in [-0.39, 0.29) is 12.1 Å². The number of ether oxygens (including phenoxy) is 1. The van der Waals surface area contributed by atoms with E-state index in [9.17, 15) is 4.79 Å². The standard InChI is InChI=1S/C17H22N4O2/c1-23-11-10-21-12-13-6-5-9-15(16(13)20-21)19-17(22)18-14-7-3-2-4-8-14/h2-4,7-8,12,15H,5-6,9-11H2,1H3,(H2,18,19,22)/t15-/m0/s1. The molecule has 1 atom stereocenters. The number of aromatic nitrogens is 2. The molecule has 2 amide bonds. The molecular formula is C17H22N4O2. The smallest absolute Gasteiger partial charge is 0.319 e. The molecule has 2 aromatic rings. The summed E-state index contributed by atoms with van der Waals surface area (Å²) in [6.45, 7) is 1.36. The summed E-state index contributed by atoms with van der Waals surface area (Å²) < 4.78 is 7.00. The van der Waals surface area contributed by atoms with Crippen molar-refractivity contribution >= 4 is 11.7 Å². The van der Waals surface area contributed by atoms with E-state index in [1.54, 1.807) is 7.11 Å². The van der Waals surface area contributed by atoms with Gasteiger partial charge in [-0.2, -0.15) is 5.10 Å². The molecule has 0 fully saturated rings. The van der Waals surface area contributed by atoms with Gasteiger partial charge in [0.05, 0.1) is 24.9 Å². The molecule has 1 aromatic carbocycles. The van der Waals surface area contributed by atoms with Crippen LogP contribution in [0.1, 0.15) is 30.1 Å². The summed E-state index contributed by atoms with van der Waals surface area (Å²) >= 11 is 0. The first kappa shape index (κ1) is 15.6. The minimum absolute atomic E-state index is 0.0359. The third-order valence-corrected chi connectivity index (χ3v) is 4.00. The molecule has 122 valence electrons. The second kappa shape index (κ2) is 7.28. The predicted octanol–water partition coefficient (Wildman–Crippen LogP) is 2.73. The van der Waals surface area contributed by atoms with Gasteiger partial charge >= 0.3 is 6.03 Å². The highest BCUT2D eigenvalue weighted by Crippen LogP contribution is 2.28. The number of aryl methyl sites for hydroxylation is 1. The first-order valence-electron chi connectivity index (χ1n) is 7.94. The van der Waals surface area contributed by atoms with Gasteiger partial charge in [0.1, 0.15) is 0 Å². The number of anilines is 1. The highest BCUT2D eigenvalue weighted by molar-refractivity contribution is 5.89. The van der Waals surface area contributed by atoms with Gasteiger partial charge in [0, 0.05) is 19.0 Å². The van der Waals surface area contributed by atoms with E-state index in [0.717, 1.165) is 37.2 Å². The molecule has 0 saturated heterocycles. The average molecular weight is 314 g/mol. The molecule has 0 bridgehead atoms. The van der Waals surface area contributed by atoms with Crippen LogP contribution in [0.2, 0.25) is 0 Å². The summed E-state index contributed by atoms with van der Waals surface area (Å²) in [5.41, 5.74) is 2.99. The maximum atomic E-state index is 12.2. The first-order valence-corrected chi connectivity index (χ1v) is 7.94. The van der Waals surface area contributed by atoms with Gasteiger partial charge in [-0.15, -0.1) is 0 Å². The number of amides is 2. The zero-order chi connectivity index (χ0) is 16.1. The van der Waals surface area contributed by atoms with Crippen LogP contribution >= 0.6 is 0 Å². The zero-order valence-corrected chi connectivity index (χ0v) is 13.3. The Balaban J connectivity index is 1.65. The largest absolute Gasteiger partial charge is 0.383 e. The van der Waals surface area contributed by atoms with Crippen LogP contribution in [-0.4, -0.2) is 29.5 Å². The number of rotatable bonds is 5. The van der Waals surface area contributed by atoms with Crippen molar-refractivity contribution in [2.45, 2.75) is 31.8 Å². The normalized spacial score (nSPS) is 16.7. The van der Waals surface area contributed by atoms with Crippen LogP contribution in [-0.2, 0) is 17.7 Å². The van der Waals surface area contributed by atoms with E-state index >= 15 is 0 Å². The van der Waals surface area contributed by atoms with E-state index in [1.165, 1.54) is 5.56 Å². The van der Waals surface area contributed by atoms with Crippen molar-refractivity contribution in [3.8, 4) is 0 Å². The van der Waals surface area contributed by atoms with Crippen LogP contribution in [0.3, 0.4) is 0 Å². The molecule has 6 heteroatoms. The number of carbonyl (C=O) groups excluding carboxylic acids is 1. The van der Waals surface area contributed by atoms with Crippen molar-refractivity contribution in [3.63, 3.8) is 0 Å². The number of methoxy groups -OCH3 is 1. The van der Waals surface area contributed by atoms with E-state index in [2.05, 4.69) is 21.9 Å². The zero-order valence-electron chi connectivity index (χ0n) is 13.3. The quantitative estimate of drug-likeness (QED) is 0.891. The molecule has 0 spiro atoms. The fourth-order valence-corrected chi connectivity index (χ4v) is 2.88. The van der Waals surface area contributed by atoms with Gasteiger partial charge in [-0.05, 0) is 37.0 Å². The third-order valence-electron chi connectivity index (χ3n) is 4.00. The van der Waals surface area contributed by atoms with Crippen LogP contribution in [0, 0.1) is 0 Å². The van der Waals surface area contributed by atoms with Gasteiger partial charge in [-0.25, -0.2) is 4.79 Å². The predicted molar refractivity (Wildman–Crippen MR) is 88.4 cm³/mol. The van der Waals surface area contributed by atoms with Gasteiger partial charge in [0.25, 0.3) is 0 Å². The lowest BCUT2D eigenvalue weighted by Gasteiger charge is -2.22. The summed E-state index contributed by atoms with van der Waals surface area (Å²) in [6, 6.07) is 9.21. The number of carbonyl (C=O) groups is 1. The summed E-state index contributed by atoms with van der Waals surface area (Å²) in [6.07, 6.45) is 5.05. The fourth-order valence-electron chi connectivity index (χ4n) is 2.88. The van der Waals surface area contributed by atoms with Crippen molar-refractivity contribution < 1.29 is 9.53 Å². The number of fused-ring (bicyclic) bond motifs is 1. The molecule has 1 aliphatic rings. The Bertz CT molecular complexity index is 654. The molecule has 1 aromatic heterocycles. The molecule has 2 N–H and O–H groups in total. The summed E-state index contributed by atoms with van der Waals surface area (Å²) in [5.74, 6) is 0. The Morgan fingerprint density at radius 2 is 2.22 bits per heavy atom. The van der Waals surface area contributed by atoms with Gasteiger partial charge in [0.2, 0.25) is 0 Å². The number of para-hydroxylation sites is 1. The fraction of sp³-hybridized carbons (Fsp3) is 0.412. The van der Waals surface area contributed by atoms with Crippen LogP contribution < -0.4 is 10.6 Å². The number of nitrogens with zero attached hydrogens (tertiary/aromatic N) is 2. The number of urea groups is 1. The summed E-state index contributed by atoms with van der Waals surface area (Å²) in [7, 11) is 1.68. The second-order valence-corrected chi connectivity index (χ2v) is 5.70. The Morgan fingerprint density at radius 3 is 3.00 bits per heavy atom.